The van der Waals surface area contributed by atoms with Gasteiger partial charge in [0.2, 0.25) is 0 Å². The van der Waals surface area contributed by atoms with Gasteiger partial charge in [0, 0.05) is 13.6 Å². The van der Waals surface area contributed by atoms with Crippen LogP contribution in [0.1, 0.15) is 0 Å². The molecule has 1 amide bonds. The maximum Gasteiger partial charge on any atom is 0.407 e. The molecule has 2 N–H and O–H groups in total. The van der Waals surface area contributed by atoms with E-state index in [9.17, 15) is 31.1 Å². The smallest absolute Gasteiger partial charge is 0.407 e. The summed E-state index contributed by atoms with van der Waals surface area (Å²) in [5.74, 6) is -16.3. The lowest BCUT2D eigenvalue weighted by molar-refractivity contribution is -0.326. The van der Waals surface area contributed by atoms with E-state index in [2.05, 4.69) is 4.74 Å². The van der Waals surface area contributed by atoms with Gasteiger partial charge in [0.05, 0.1) is 6.61 Å². The van der Waals surface area contributed by atoms with Crippen LogP contribution in [0.25, 0.3) is 0 Å². The van der Waals surface area contributed by atoms with Crippen LogP contribution in [0.5, 0.6) is 0 Å². The Kier molecular flexibility index (Phi) is 6.08. The maximum absolute atomic E-state index is 13.0. The zero-order valence-corrected chi connectivity index (χ0v) is 10.3. The Morgan fingerprint density at radius 2 is 1.65 bits per heavy atom. The Morgan fingerprint density at radius 3 is 2.05 bits per heavy atom. The highest BCUT2D eigenvalue weighted by atomic mass is 19.3. The van der Waals surface area contributed by atoms with E-state index in [0.717, 1.165) is 7.05 Å². The number of aliphatic hydroxyl groups excluding tert-OH is 1. The molecule has 0 saturated heterocycles. The second-order valence-electron chi connectivity index (χ2n) is 3.90. The second-order valence-corrected chi connectivity index (χ2v) is 3.90. The van der Waals surface area contributed by atoms with Crippen LogP contribution in [-0.2, 0) is 4.74 Å². The minimum atomic E-state index is -5.80. The van der Waals surface area contributed by atoms with Crippen molar-refractivity contribution in [1.82, 2.24) is 4.90 Å². The van der Waals surface area contributed by atoms with Crippen LogP contribution in [0.3, 0.4) is 0 Å². The van der Waals surface area contributed by atoms with Crippen LogP contribution in [0.15, 0.2) is 0 Å². The number of nitrogens with zero attached hydrogens (tertiary/aromatic N) is 1. The summed E-state index contributed by atoms with van der Waals surface area (Å²) >= 11 is 0. The second kappa shape index (κ2) is 6.48. The molecular formula is C9H13F6NO4. The summed E-state index contributed by atoms with van der Waals surface area (Å²) in [4.78, 5) is 10.9. The first-order valence-corrected chi connectivity index (χ1v) is 5.15. The number of amides is 1. The number of carbonyl (C=O) groups is 1. The van der Waals surface area contributed by atoms with Crippen LogP contribution >= 0.6 is 0 Å². The molecule has 0 aromatic carbocycles. The Hall–Kier alpha value is -1.23. The molecule has 120 valence electrons. The Balaban J connectivity index is 4.49. The Labute approximate surface area is 109 Å². The highest BCUT2D eigenvalue weighted by molar-refractivity contribution is 5.64. The highest BCUT2D eigenvalue weighted by Gasteiger charge is 2.71. The molecule has 0 saturated carbocycles. The van der Waals surface area contributed by atoms with Crippen molar-refractivity contribution in [3.05, 3.63) is 0 Å². The maximum atomic E-state index is 13.0. The minimum Gasteiger partial charge on any atom is -0.465 e. The van der Waals surface area contributed by atoms with Crippen LogP contribution < -0.4 is 0 Å². The molecule has 0 aromatic rings. The molecule has 0 aromatic heterocycles. The largest absolute Gasteiger partial charge is 0.465 e. The third kappa shape index (κ3) is 4.13. The summed E-state index contributed by atoms with van der Waals surface area (Å²) in [6.45, 7) is -5.58. The monoisotopic (exact) mass is 313 g/mol. The van der Waals surface area contributed by atoms with E-state index < -0.39 is 50.2 Å². The Morgan fingerprint density at radius 1 is 1.15 bits per heavy atom. The average Bonchev–Trinajstić information content (AvgIpc) is 2.33. The van der Waals surface area contributed by atoms with Gasteiger partial charge in [0.25, 0.3) is 0 Å². The van der Waals surface area contributed by atoms with E-state index in [0.29, 0.717) is 4.90 Å². The van der Waals surface area contributed by atoms with Gasteiger partial charge in [-0.3, -0.25) is 0 Å². The molecule has 0 spiro atoms. The number of rotatable bonds is 8. The van der Waals surface area contributed by atoms with Crippen molar-refractivity contribution in [1.29, 1.82) is 0 Å². The van der Waals surface area contributed by atoms with Crippen LogP contribution in [0.4, 0.5) is 31.1 Å². The summed E-state index contributed by atoms with van der Waals surface area (Å²) in [5, 5.41) is 16.4. The fourth-order valence-corrected chi connectivity index (χ4v) is 0.955. The topological polar surface area (TPSA) is 70.0 Å². The standard InChI is InChI=1S/C9H13F6NO4/c1-16(6(18)19)2-3-20-5-8(12,13)9(14,15)7(10,11)4-17/h17H,2-5H2,1H3,(H,18,19). The fourth-order valence-electron chi connectivity index (χ4n) is 0.955. The van der Waals surface area contributed by atoms with E-state index >= 15 is 0 Å². The SMILES string of the molecule is CN(CCOCC(F)(F)C(F)(F)C(F)(F)CO)C(=O)O. The number of hydrogen-bond acceptors (Lipinski definition) is 3. The predicted molar refractivity (Wildman–Crippen MR) is 53.4 cm³/mol. The van der Waals surface area contributed by atoms with Crippen molar-refractivity contribution >= 4 is 6.09 Å². The molecule has 0 aliphatic carbocycles. The average molecular weight is 313 g/mol. The van der Waals surface area contributed by atoms with Gasteiger partial charge < -0.3 is 19.8 Å². The summed E-state index contributed by atoms with van der Waals surface area (Å²) in [7, 11) is 1.07. The van der Waals surface area contributed by atoms with Crippen molar-refractivity contribution in [2.24, 2.45) is 0 Å². The van der Waals surface area contributed by atoms with Crippen LogP contribution in [-0.4, -0.2) is 72.4 Å². The van der Waals surface area contributed by atoms with Gasteiger partial charge in [-0.05, 0) is 0 Å². The van der Waals surface area contributed by atoms with Gasteiger partial charge in [-0.2, -0.15) is 26.3 Å². The first kappa shape index (κ1) is 18.8. The summed E-state index contributed by atoms with van der Waals surface area (Å²) in [5.41, 5.74) is 0. The number of aliphatic hydroxyl groups is 1. The number of carboxylic acid groups (broad SMARTS) is 1. The van der Waals surface area contributed by atoms with E-state index in [1.54, 1.807) is 0 Å². The third-order valence-electron chi connectivity index (χ3n) is 2.30. The van der Waals surface area contributed by atoms with Gasteiger partial charge in [-0.15, -0.1) is 0 Å². The van der Waals surface area contributed by atoms with Crippen molar-refractivity contribution in [2.75, 3.05) is 33.4 Å². The molecule has 0 atom stereocenters. The minimum absolute atomic E-state index is 0.409. The molecule has 0 bridgehead atoms. The normalized spacial score (nSPS) is 13.4. The van der Waals surface area contributed by atoms with Gasteiger partial charge in [-0.25, -0.2) is 4.79 Å². The lowest BCUT2D eigenvalue weighted by Crippen LogP contribution is -2.57. The fraction of sp³-hybridized carbons (Fsp3) is 0.889. The van der Waals surface area contributed by atoms with E-state index in [1.807, 2.05) is 0 Å². The molecule has 0 fully saturated rings. The molecule has 11 heteroatoms. The number of hydrogen-bond donors (Lipinski definition) is 2. The van der Waals surface area contributed by atoms with Crippen molar-refractivity contribution in [3.63, 3.8) is 0 Å². The lowest BCUT2D eigenvalue weighted by atomic mass is 10.1. The number of ether oxygens (including phenoxy) is 1. The molecule has 5 nitrogen and oxygen atoms in total. The molecule has 0 rings (SSSR count). The van der Waals surface area contributed by atoms with Crippen LogP contribution in [0, 0.1) is 0 Å². The van der Waals surface area contributed by atoms with Crippen molar-refractivity contribution < 1.29 is 46.1 Å². The van der Waals surface area contributed by atoms with Crippen molar-refractivity contribution in [2.45, 2.75) is 17.8 Å². The molecule has 0 aliphatic rings. The highest BCUT2D eigenvalue weighted by Crippen LogP contribution is 2.45. The van der Waals surface area contributed by atoms with E-state index in [1.165, 1.54) is 0 Å². The van der Waals surface area contributed by atoms with Gasteiger partial charge in [-0.1, -0.05) is 0 Å². The lowest BCUT2D eigenvalue weighted by Gasteiger charge is -2.31. The quantitative estimate of drug-likeness (QED) is 0.526. The Bertz CT molecular complexity index is 338. The van der Waals surface area contributed by atoms with Crippen LogP contribution in [0.2, 0.25) is 0 Å². The summed E-state index contributed by atoms with van der Waals surface area (Å²) in [6.07, 6.45) is -1.41. The van der Waals surface area contributed by atoms with Gasteiger partial charge in [0.15, 0.2) is 0 Å². The molecule has 0 heterocycles. The van der Waals surface area contributed by atoms with E-state index in [-0.39, 0.29) is 0 Å². The summed E-state index contributed by atoms with van der Waals surface area (Å²) in [6, 6.07) is 0. The summed E-state index contributed by atoms with van der Waals surface area (Å²) < 4.78 is 80.8. The first-order valence-electron chi connectivity index (χ1n) is 5.15. The zero-order chi connectivity index (χ0) is 16.2. The molecule has 0 radical (unpaired) electrons. The first-order chi connectivity index (χ1) is 8.89. The predicted octanol–water partition coefficient (Wildman–Crippen LogP) is 1.51. The molecule has 20 heavy (non-hydrogen) atoms. The number of alkyl halides is 6. The van der Waals surface area contributed by atoms with Gasteiger partial charge >= 0.3 is 23.9 Å². The molecule has 0 unspecified atom stereocenters. The number of likely N-dealkylation sites (N-methyl/N-ethyl adjacent to an activating group) is 1. The molecular weight excluding hydrogens is 300 g/mol. The van der Waals surface area contributed by atoms with E-state index in [4.69, 9.17) is 10.2 Å². The van der Waals surface area contributed by atoms with Crippen molar-refractivity contribution in [3.8, 4) is 0 Å². The molecule has 0 aliphatic heterocycles. The zero-order valence-electron chi connectivity index (χ0n) is 10.3. The van der Waals surface area contributed by atoms with Gasteiger partial charge in [0.1, 0.15) is 13.2 Å². The third-order valence-corrected chi connectivity index (χ3v) is 2.30. The number of halogens is 6.